The van der Waals surface area contributed by atoms with Gasteiger partial charge >= 0.3 is 0 Å². The summed E-state index contributed by atoms with van der Waals surface area (Å²) in [5.41, 5.74) is 1.17. The van der Waals surface area contributed by atoms with Crippen molar-refractivity contribution in [2.45, 2.75) is 25.7 Å². The first-order chi connectivity index (χ1) is 7.42. The summed E-state index contributed by atoms with van der Waals surface area (Å²) in [6.45, 7) is 0. The second-order valence-corrected chi connectivity index (χ2v) is 4.76. The highest BCUT2D eigenvalue weighted by molar-refractivity contribution is 7.13. The summed E-state index contributed by atoms with van der Waals surface area (Å²) in [6, 6.07) is 0. The van der Waals surface area contributed by atoms with Crippen LogP contribution < -0.4 is 0 Å². The van der Waals surface area contributed by atoms with Gasteiger partial charge in [0.05, 0.1) is 5.69 Å². The molecule has 5 heteroatoms. The molecule has 1 fully saturated rings. The molecule has 3 rings (SSSR count). The van der Waals surface area contributed by atoms with Gasteiger partial charge in [0.25, 0.3) is 0 Å². The van der Waals surface area contributed by atoms with E-state index in [2.05, 4.69) is 20.5 Å². The minimum Gasteiger partial charge on any atom is -0.342 e. The van der Waals surface area contributed by atoms with E-state index in [1.54, 1.807) is 11.3 Å². The Morgan fingerprint density at radius 1 is 1.47 bits per heavy atom. The smallest absolute Gasteiger partial charge is 0.231 e. The molecule has 4 nitrogen and oxygen atoms in total. The van der Waals surface area contributed by atoms with Crippen LogP contribution in [0, 0.1) is 5.92 Å². The van der Waals surface area contributed by atoms with E-state index < -0.39 is 0 Å². The third-order valence-electron chi connectivity index (χ3n) is 2.83. The number of nitrogens with zero attached hydrogens (tertiary/aromatic N) is 3. The molecule has 0 unspecified atom stereocenters. The van der Waals surface area contributed by atoms with Gasteiger partial charge in [-0.3, -0.25) is 0 Å². The molecule has 1 aliphatic rings. The van der Waals surface area contributed by atoms with Crippen molar-refractivity contribution in [2.24, 2.45) is 5.92 Å². The SMILES string of the molecule is c1nc(-c2nc(CC3CCC3)cs2)no1. The van der Waals surface area contributed by atoms with E-state index in [9.17, 15) is 0 Å². The van der Waals surface area contributed by atoms with E-state index in [-0.39, 0.29) is 0 Å². The summed E-state index contributed by atoms with van der Waals surface area (Å²) in [5, 5.41) is 6.74. The third-order valence-corrected chi connectivity index (χ3v) is 3.71. The molecule has 0 radical (unpaired) electrons. The van der Waals surface area contributed by atoms with Gasteiger partial charge in [0.2, 0.25) is 12.2 Å². The van der Waals surface area contributed by atoms with E-state index in [4.69, 9.17) is 4.52 Å². The first kappa shape index (κ1) is 9.03. The maximum absolute atomic E-state index is 4.70. The zero-order valence-electron chi connectivity index (χ0n) is 8.22. The van der Waals surface area contributed by atoms with Crippen LogP contribution >= 0.6 is 11.3 Å². The fourth-order valence-electron chi connectivity index (χ4n) is 1.76. The van der Waals surface area contributed by atoms with Crippen LogP contribution in [0.15, 0.2) is 16.3 Å². The zero-order valence-corrected chi connectivity index (χ0v) is 9.04. The molecule has 0 aliphatic heterocycles. The van der Waals surface area contributed by atoms with Crippen molar-refractivity contribution < 1.29 is 4.52 Å². The second-order valence-electron chi connectivity index (χ2n) is 3.90. The first-order valence-corrected chi connectivity index (χ1v) is 6.01. The lowest BCUT2D eigenvalue weighted by Crippen LogP contribution is -2.13. The zero-order chi connectivity index (χ0) is 10.1. The maximum atomic E-state index is 4.70. The van der Waals surface area contributed by atoms with Gasteiger partial charge in [-0.1, -0.05) is 24.4 Å². The van der Waals surface area contributed by atoms with Crippen LogP contribution in [0.2, 0.25) is 0 Å². The molecule has 1 saturated carbocycles. The Morgan fingerprint density at radius 2 is 2.40 bits per heavy atom. The summed E-state index contributed by atoms with van der Waals surface area (Å²) >= 11 is 1.59. The van der Waals surface area contributed by atoms with Crippen LogP contribution in [0.4, 0.5) is 0 Å². The molecule has 0 N–H and O–H groups in total. The molecule has 0 atom stereocenters. The average molecular weight is 221 g/mol. The van der Waals surface area contributed by atoms with Crippen LogP contribution in [0.5, 0.6) is 0 Å². The first-order valence-electron chi connectivity index (χ1n) is 5.13. The van der Waals surface area contributed by atoms with Crippen LogP contribution in [-0.4, -0.2) is 15.1 Å². The molecule has 0 amide bonds. The Morgan fingerprint density at radius 3 is 3.07 bits per heavy atom. The Labute approximate surface area is 91.4 Å². The lowest BCUT2D eigenvalue weighted by Gasteiger charge is -2.24. The van der Waals surface area contributed by atoms with E-state index in [0.29, 0.717) is 5.82 Å². The van der Waals surface area contributed by atoms with Crippen molar-refractivity contribution in [3.05, 3.63) is 17.5 Å². The molecule has 1 aliphatic carbocycles. The van der Waals surface area contributed by atoms with Crippen LogP contribution in [0.1, 0.15) is 25.0 Å². The predicted octanol–water partition coefficient (Wildman–Crippen LogP) is 2.54. The minimum absolute atomic E-state index is 0.597. The van der Waals surface area contributed by atoms with Gasteiger partial charge in [-0.15, -0.1) is 11.3 Å². The van der Waals surface area contributed by atoms with Crippen molar-refractivity contribution in [3.63, 3.8) is 0 Å². The molecular formula is C10H11N3OS. The standard InChI is InChI=1S/C10H11N3OS/c1-2-7(3-1)4-8-5-15-10(12-8)9-11-6-14-13-9/h5-7H,1-4H2. The van der Waals surface area contributed by atoms with E-state index in [1.807, 2.05) is 0 Å². The third kappa shape index (κ3) is 1.79. The Kier molecular flexibility index (Phi) is 2.25. The number of rotatable bonds is 3. The van der Waals surface area contributed by atoms with Crippen LogP contribution in [0.25, 0.3) is 10.8 Å². The van der Waals surface area contributed by atoms with Gasteiger partial charge < -0.3 is 4.52 Å². The van der Waals surface area contributed by atoms with Crippen molar-refractivity contribution in [1.29, 1.82) is 0 Å². The Hall–Kier alpha value is -1.23. The molecule has 2 aromatic rings. The summed E-state index contributed by atoms with van der Waals surface area (Å²) < 4.78 is 4.70. The molecule has 0 aromatic carbocycles. The molecule has 2 aromatic heterocycles. The fraction of sp³-hybridized carbons (Fsp3) is 0.500. The Balaban J connectivity index is 1.75. The lowest BCUT2D eigenvalue weighted by atomic mass is 9.82. The van der Waals surface area contributed by atoms with Gasteiger partial charge in [0.1, 0.15) is 0 Å². The van der Waals surface area contributed by atoms with E-state index in [1.165, 1.54) is 31.4 Å². The molecular weight excluding hydrogens is 210 g/mol. The topological polar surface area (TPSA) is 51.8 Å². The van der Waals surface area contributed by atoms with Gasteiger partial charge in [0.15, 0.2) is 5.01 Å². The minimum atomic E-state index is 0.597. The van der Waals surface area contributed by atoms with Gasteiger partial charge in [-0.25, -0.2) is 4.98 Å². The molecule has 15 heavy (non-hydrogen) atoms. The number of aromatic nitrogens is 3. The molecule has 0 bridgehead atoms. The van der Waals surface area contributed by atoms with E-state index in [0.717, 1.165) is 17.3 Å². The van der Waals surface area contributed by atoms with Gasteiger partial charge in [-0.05, 0) is 12.3 Å². The largest absolute Gasteiger partial charge is 0.342 e. The van der Waals surface area contributed by atoms with Crippen LogP contribution in [-0.2, 0) is 6.42 Å². The molecule has 0 spiro atoms. The quantitative estimate of drug-likeness (QED) is 0.799. The van der Waals surface area contributed by atoms with Gasteiger partial charge in [-0.2, -0.15) is 4.98 Å². The molecule has 78 valence electrons. The highest BCUT2D eigenvalue weighted by atomic mass is 32.1. The maximum Gasteiger partial charge on any atom is 0.231 e. The summed E-state index contributed by atoms with van der Waals surface area (Å²) in [4.78, 5) is 8.49. The highest BCUT2D eigenvalue weighted by Crippen LogP contribution is 2.31. The summed E-state index contributed by atoms with van der Waals surface area (Å²) in [6.07, 6.45) is 6.54. The van der Waals surface area contributed by atoms with Crippen molar-refractivity contribution in [2.75, 3.05) is 0 Å². The summed E-state index contributed by atoms with van der Waals surface area (Å²) in [5.74, 6) is 1.45. The highest BCUT2D eigenvalue weighted by Gasteiger charge is 2.19. The summed E-state index contributed by atoms with van der Waals surface area (Å²) in [7, 11) is 0. The average Bonchev–Trinajstić information content (AvgIpc) is 2.82. The monoisotopic (exact) mass is 221 g/mol. The number of thiazole rings is 1. The lowest BCUT2D eigenvalue weighted by molar-refractivity contribution is 0.312. The van der Waals surface area contributed by atoms with Crippen LogP contribution in [0.3, 0.4) is 0 Å². The second kappa shape index (κ2) is 3.73. The fourth-order valence-corrected chi connectivity index (χ4v) is 2.52. The van der Waals surface area contributed by atoms with Crippen molar-refractivity contribution in [1.82, 2.24) is 15.1 Å². The van der Waals surface area contributed by atoms with E-state index >= 15 is 0 Å². The molecule has 2 heterocycles. The Bertz CT molecular complexity index is 433. The van der Waals surface area contributed by atoms with Crippen molar-refractivity contribution in [3.8, 4) is 10.8 Å². The predicted molar refractivity (Wildman–Crippen MR) is 56.5 cm³/mol. The number of hydrogen-bond acceptors (Lipinski definition) is 5. The molecule has 0 saturated heterocycles. The number of hydrogen-bond donors (Lipinski definition) is 0. The van der Waals surface area contributed by atoms with Crippen molar-refractivity contribution >= 4 is 11.3 Å². The van der Waals surface area contributed by atoms with Gasteiger partial charge in [0, 0.05) is 5.38 Å². The normalized spacial score (nSPS) is 16.5.